The fourth-order valence-electron chi connectivity index (χ4n) is 3.38. The number of benzene rings is 2. The lowest BCUT2D eigenvalue weighted by molar-refractivity contribution is -0.118. The Labute approximate surface area is 202 Å². The van der Waals surface area contributed by atoms with Gasteiger partial charge in [-0.15, -0.1) is 0 Å². The Morgan fingerprint density at radius 2 is 1.79 bits per heavy atom. The molecule has 3 rings (SSSR count). The number of nitrogens with one attached hydrogen (secondary N) is 2. The number of carbonyl (C=O) groups excluding carboxylic acids is 2. The van der Waals surface area contributed by atoms with Gasteiger partial charge in [0.2, 0.25) is 11.9 Å². The van der Waals surface area contributed by atoms with Crippen LogP contribution in [0.3, 0.4) is 0 Å². The molecular weight excluding hydrogens is 428 g/mol. The maximum atomic E-state index is 13.7. The van der Waals surface area contributed by atoms with Gasteiger partial charge in [0, 0.05) is 47.2 Å². The van der Waals surface area contributed by atoms with Crippen molar-refractivity contribution in [2.24, 2.45) is 0 Å². The summed E-state index contributed by atoms with van der Waals surface area (Å²) in [5, 5.41) is 14.9. The highest BCUT2D eigenvalue weighted by atomic mass is 16.2. The zero-order chi connectivity index (χ0) is 24.5. The van der Waals surface area contributed by atoms with Crippen molar-refractivity contribution >= 4 is 17.8 Å². The van der Waals surface area contributed by atoms with Crippen LogP contribution in [0, 0.1) is 11.3 Å². The van der Waals surface area contributed by atoms with Crippen LogP contribution in [0.1, 0.15) is 45.1 Å². The second-order valence-corrected chi connectivity index (χ2v) is 8.07. The van der Waals surface area contributed by atoms with E-state index in [2.05, 4.69) is 26.7 Å². The van der Waals surface area contributed by atoms with Gasteiger partial charge in [-0.05, 0) is 31.5 Å². The van der Waals surface area contributed by atoms with E-state index in [9.17, 15) is 9.59 Å². The second kappa shape index (κ2) is 11.6. The summed E-state index contributed by atoms with van der Waals surface area (Å²) in [4.78, 5) is 35.5. The Morgan fingerprint density at radius 3 is 2.41 bits per heavy atom. The van der Waals surface area contributed by atoms with Crippen LogP contribution < -0.4 is 10.6 Å². The molecule has 1 aromatic heterocycles. The summed E-state index contributed by atoms with van der Waals surface area (Å²) in [5.74, 6) is 0.0533. The zero-order valence-corrected chi connectivity index (χ0v) is 19.6. The monoisotopic (exact) mass is 460 g/mol. The summed E-state index contributed by atoms with van der Waals surface area (Å²) in [6.45, 7) is 6.72. The van der Waals surface area contributed by atoms with Gasteiger partial charge in [0.25, 0.3) is 5.91 Å². The zero-order valence-electron chi connectivity index (χ0n) is 19.6. The molecule has 0 aliphatic rings. The average molecular weight is 461 g/mol. The predicted molar refractivity (Wildman–Crippen MR) is 135 cm³/mol. The molecule has 3 aromatic rings. The van der Waals surface area contributed by atoms with E-state index in [1.165, 1.54) is 13.1 Å². The molecule has 0 bridgehead atoms. The number of hydrogen-bond acceptors (Lipinski definition) is 6. The smallest absolute Gasteiger partial charge is 0.258 e. The molecule has 8 nitrogen and oxygen atoms in total. The van der Waals surface area contributed by atoms with Crippen LogP contribution >= 0.6 is 0 Å². The first-order valence-corrected chi connectivity index (χ1v) is 11.1. The number of anilines is 1. The molecule has 0 saturated carbocycles. The van der Waals surface area contributed by atoms with Gasteiger partial charge in [-0.1, -0.05) is 42.5 Å². The summed E-state index contributed by atoms with van der Waals surface area (Å²) in [6, 6.07) is 18.8. The summed E-state index contributed by atoms with van der Waals surface area (Å²) < 4.78 is 0. The third-order valence-corrected chi connectivity index (χ3v) is 5.17. The summed E-state index contributed by atoms with van der Waals surface area (Å²) in [5.41, 5.74) is 3.11. The molecule has 8 heteroatoms. The van der Waals surface area contributed by atoms with E-state index < -0.39 is 0 Å². The highest BCUT2D eigenvalue weighted by Crippen LogP contribution is 2.25. The van der Waals surface area contributed by atoms with E-state index in [1.807, 2.05) is 44.2 Å². The van der Waals surface area contributed by atoms with Gasteiger partial charge in [0.05, 0.1) is 22.9 Å². The maximum Gasteiger partial charge on any atom is 0.258 e. The van der Waals surface area contributed by atoms with Gasteiger partial charge >= 0.3 is 0 Å². The van der Waals surface area contributed by atoms with Crippen molar-refractivity contribution in [2.45, 2.75) is 33.4 Å². The standard InChI is InChI=1S/C26H28N6O2.2H2/c1-18(2)32(17-21-7-5-4-6-8-21)25(34)23-16-30-26(29-14-13-28-19(3)33)31-24(23)22-11-9-20(15-27)10-12-22;;/h4-12,16,18H,13-14,17H2,1-3H3,(H,28,33)(H,29,30,31);2*1H. The summed E-state index contributed by atoms with van der Waals surface area (Å²) in [6.07, 6.45) is 1.53. The molecular formula is C26H32N6O2. The van der Waals surface area contributed by atoms with Crippen LogP contribution in [-0.4, -0.2) is 45.8 Å². The molecule has 0 spiro atoms. The fourth-order valence-corrected chi connectivity index (χ4v) is 3.38. The van der Waals surface area contributed by atoms with Crippen LogP contribution in [0.2, 0.25) is 0 Å². The third-order valence-electron chi connectivity index (χ3n) is 5.17. The first-order valence-electron chi connectivity index (χ1n) is 11.1. The quantitative estimate of drug-likeness (QED) is 0.465. The SMILES string of the molecule is CC(=O)NCCNc1ncc(C(=O)N(Cc2ccccc2)C(C)C)c(-c2ccc(C#N)cc2)n1.[HH].[HH]. The number of amides is 2. The number of nitrogens with zero attached hydrogens (tertiary/aromatic N) is 4. The lowest BCUT2D eigenvalue weighted by Gasteiger charge is -2.27. The molecule has 2 aromatic carbocycles. The first kappa shape index (κ1) is 24.4. The van der Waals surface area contributed by atoms with Gasteiger partial charge in [-0.25, -0.2) is 9.97 Å². The van der Waals surface area contributed by atoms with Crippen LogP contribution in [0.5, 0.6) is 0 Å². The molecule has 178 valence electrons. The molecule has 34 heavy (non-hydrogen) atoms. The van der Waals surface area contributed by atoms with Gasteiger partial charge < -0.3 is 15.5 Å². The first-order chi connectivity index (χ1) is 16.4. The van der Waals surface area contributed by atoms with E-state index in [1.54, 1.807) is 29.2 Å². The highest BCUT2D eigenvalue weighted by molar-refractivity contribution is 6.00. The van der Waals surface area contributed by atoms with Gasteiger partial charge in [0.15, 0.2) is 0 Å². The van der Waals surface area contributed by atoms with Crippen LogP contribution in [0.25, 0.3) is 11.3 Å². The fraction of sp³-hybridized carbons (Fsp3) is 0.269. The van der Waals surface area contributed by atoms with Crippen LogP contribution in [0.15, 0.2) is 60.8 Å². The largest absolute Gasteiger partial charge is 0.355 e. The van der Waals surface area contributed by atoms with Crippen molar-refractivity contribution in [3.8, 4) is 17.3 Å². The lowest BCUT2D eigenvalue weighted by atomic mass is 10.0. The molecule has 0 saturated heterocycles. The summed E-state index contributed by atoms with van der Waals surface area (Å²) >= 11 is 0. The van der Waals surface area contributed by atoms with Crippen molar-refractivity contribution in [1.82, 2.24) is 20.2 Å². The summed E-state index contributed by atoms with van der Waals surface area (Å²) in [7, 11) is 0. The molecule has 0 unspecified atom stereocenters. The Balaban J connectivity index is 0.00000324. The predicted octanol–water partition coefficient (Wildman–Crippen LogP) is 4.11. The molecule has 1 heterocycles. The van der Waals surface area contributed by atoms with Gasteiger partial charge in [-0.2, -0.15) is 5.26 Å². The lowest BCUT2D eigenvalue weighted by Crippen LogP contribution is -2.37. The number of rotatable bonds is 9. The van der Waals surface area contributed by atoms with E-state index >= 15 is 0 Å². The topological polar surface area (TPSA) is 111 Å². The molecule has 2 amide bonds. The van der Waals surface area contributed by atoms with Crippen molar-refractivity contribution in [1.29, 1.82) is 5.26 Å². The minimum Gasteiger partial charge on any atom is -0.355 e. The Hall–Kier alpha value is -4.25. The molecule has 2 N–H and O–H groups in total. The normalized spacial score (nSPS) is 10.4. The third kappa shape index (κ3) is 6.39. The molecule has 0 aliphatic heterocycles. The number of hydrogen-bond donors (Lipinski definition) is 2. The van der Waals surface area contributed by atoms with E-state index in [0.29, 0.717) is 48.0 Å². The van der Waals surface area contributed by atoms with Crippen molar-refractivity contribution in [3.63, 3.8) is 0 Å². The molecule has 0 radical (unpaired) electrons. The highest BCUT2D eigenvalue weighted by Gasteiger charge is 2.24. The van der Waals surface area contributed by atoms with Crippen LogP contribution in [0.4, 0.5) is 5.95 Å². The second-order valence-electron chi connectivity index (χ2n) is 8.07. The number of aromatic nitrogens is 2. The number of carbonyl (C=O) groups is 2. The Kier molecular flexibility index (Phi) is 8.30. The molecule has 0 aliphatic carbocycles. The molecule has 0 atom stereocenters. The maximum absolute atomic E-state index is 13.7. The van der Waals surface area contributed by atoms with E-state index in [0.717, 1.165) is 5.56 Å². The Morgan fingerprint density at radius 1 is 1.09 bits per heavy atom. The average Bonchev–Trinajstić information content (AvgIpc) is 2.85. The van der Waals surface area contributed by atoms with Crippen molar-refractivity contribution in [2.75, 3.05) is 18.4 Å². The van der Waals surface area contributed by atoms with E-state index in [-0.39, 0.29) is 20.7 Å². The van der Waals surface area contributed by atoms with Crippen molar-refractivity contribution < 1.29 is 12.4 Å². The molecule has 0 fully saturated rings. The van der Waals surface area contributed by atoms with Gasteiger partial charge in [-0.3, -0.25) is 9.59 Å². The van der Waals surface area contributed by atoms with Crippen LogP contribution in [-0.2, 0) is 11.3 Å². The van der Waals surface area contributed by atoms with Gasteiger partial charge in [0.1, 0.15) is 0 Å². The van der Waals surface area contributed by atoms with Crippen molar-refractivity contribution in [3.05, 3.63) is 77.5 Å². The number of nitriles is 1. The minimum absolute atomic E-state index is 0. The van der Waals surface area contributed by atoms with E-state index in [4.69, 9.17) is 5.26 Å². The minimum atomic E-state index is -0.178. The Bertz CT molecular complexity index is 1180.